The monoisotopic (exact) mass is 451 g/mol. The SMILES string of the molecule is Cc1cc(NC(=O)/C=C/c2ccc(OCc3ccccc3)cc2)n(C2CCS(=O)(=O)C2)n1. The number of benzene rings is 2. The Morgan fingerprint density at radius 1 is 1.19 bits per heavy atom. The number of amides is 1. The molecule has 8 heteroatoms. The standard InChI is InChI=1S/C24H25N3O4S/c1-18-15-23(27(26-18)21-13-14-32(29,30)17-21)25-24(28)12-9-19-7-10-22(11-8-19)31-16-20-5-3-2-4-6-20/h2-12,15,21H,13-14,16-17H2,1H3,(H,25,28)/b12-9+. The number of sulfone groups is 1. The fraction of sp³-hybridized carbons (Fsp3) is 0.250. The highest BCUT2D eigenvalue weighted by molar-refractivity contribution is 7.91. The summed E-state index contributed by atoms with van der Waals surface area (Å²) in [6, 6.07) is 18.9. The fourth-order valence-electron chi connectivity index (χ4n) is 3.61. The van der Waals surface area contributed by atoms with E-state index in [4.69, 9.17) is 4.74 Å². The van der Waals surface area contributed by atoms with Gasteiger partial charge in [0, 0.05) is 12.1 Å². The van der Waals surface area contributed by atoms with Crippen LogP contribution in [-0.4, -0.2) is 35.6 Å². The average molecular weight is 452 g/mol. The molecule has 0 saturated carbocycles. The largest absolute Gasteiger partial charge is 0.489 e. The Morgan fingerprint density at radius 2 is 1.94 bits per heavy atom. The molecule has 4 rings (SSSR count). The lowest BCUT2D eigenvalue weighted by Gasteiger charge is -2.13. The number of hydrogen-bond acceptors (Lipinski definition) is 5. The number of hydrogen-bond donors (Lipinski definition) is 1. The van der Waals surface area contributed by atoms with Crippen molar-refractivity contribution in [2.75, 3.05) is 16.8 Å². The van der Waals surface area contributed by atoms with E-state index in [9.17, 15) is 13.2 Å². The van der Waals surface area contributed by atoms with Crippen LogP contribution in [0.15, 0.2) is 66.7 Å². The van der Waals surface area contributed by atoms with Crippen LogP contribution in [-0.2, 0) is 21.2 Å². The molecule has 1 fully saturated rings. The maximum Gasteiger partial charge on any atom is 0.249 e. The average Bonchev–Trinajstić information content (AvgIpc) is 3.33. The van der Waals surface area contributed by atoms with E-state index in [-0.39, 0.29) is 23.5 Å². The molecule has 0 aliphatic carbocycles. The van der Waals surface area contributed by atoms with Crippen LogP contribution in [0.3, 0.4) is 0 Å². The Labute approximate surface area is 187 Å². The summed E-state index contributed by atoms with van der Waals surface area (Å²) in [5.74, 6) is 1.14. The summed E-state index contributed by atoms with van der Waals surface area (Å²) in [7, 11) is -3.05. The van der Waals surface area contributed by atoms with E-state index in [1.165, 1.54) is 6.08 Å². The van der Waals surface area contributed by atoms with E-state index in [1.54, 1.807) is 16.8 Å². The van der Waals surface area contributed by atoms with Gasteiger partial charge in [0.25, 0.3) is 0 Å². The molecule has 1 N–H and O–H groups in total. The van der Waals surface area contributed by atoms with Gasteiger partial charge in [0.1, 0.15) is 18.2 Å². The van der Waals surface area contributed by atoms with E-state index in [0.717, 1.165) is 22.6 Å². The van der Waals surface area contributed by atoms with Crippen molar-refractivity contribution in [3.05, 3.63) is 83.6 Å². The number of nitrogens with zero attached hydrogens (tertiary/aromatic N) is 2. The third-order valence-electron chi connectivity index (χ3n) is 5.22. The molecule has 1 aromatic heterocycles. The molecular weight excluding hydrogens is 426 g/mol. The molecule has 1 unspecified atom stereocenters. The molecule has 166 valence electrons. The molecule has 2 heterocycles. The summed E-state index contributed by atoms with van der Waals surface area (Å²) in [5.41, 5.74) is 2.68. The van der Waals surface area contributed by atoms with E-state index < -0.39 is 9.84 Å². The van der Waals surface area contributed by atoms with Crippen LogP contribution in [0.1, 0.15) is 29.3 Å². The predicted octanol–water partition coefficient (Wildman–Crippen LogP) is 3.78. The first-order chi connectivity index (χ1) is 15.4. The lowest BCUT2D eigenvalue weighted by Crippen LogP contribution is -2.18. The van der Waals surface area contributed by atoms with Crippen molar-refractivity contribution >= 4 is 27.6 Å². The maximum absolute atomic E-state index is 12.4. The summed E-state index contributed by atoms with van der Waals surface area (Å²) in [4.78, 5) is 12.4. The molecule has 0 spiro atoms. The Bertz CT molecular complexity index is 1220. The van der Waals surface area contributed by atoms with Crippen LogP contribution in [0.4, 0.5) is 5.82 Å². The first-order valence-corrected chi connectivity index (χ1v) is 12.2. The molecule has 1 aliphatic rings. The normalized spacial score (nSPS) is 17.5. The van der Waals surface area contributed by atoms with Crippen LogP contribution in [0.25, 0.3) is 6.08 Å². The number of carbonyl (C=O) groups excluding carboxylic acids is 1. The second-order valence-corrected chi connectivity index (χ2v) is 10.1. The number of rotatable bonds is 7. The first kappa shape index (κ1) is 21.8. The fourth-order valence-corrected chi connectivity index (χ4v) is 5.30. The molecule has 2 aromatic carbocycles. The van der Waals surface area contributed by atoms with Gasteiger partial charge in [-0.25, -0.2) is 13.1 Å². The van der Waals surface area contributed by atoms with Gasteiger partial charge in [-0.2, -0.15) is 5.10 Å². The van der Waals surface area contributed by atoms with Crippen molar-refractivity contribution in [2.24, 2.45) is 0 Å². The molecule has 0 radical (unpaired) electrons. The molecule has 1 saturated heterocycles. The Hall–Kier alpha value is -3.39. The van der Waals surface area contributed by atoms with E-state index in [1.807, 2.05) is 61.5 Å². The number of aryl methyl sites for hydroxylation is 1. The van der Waals surface area contributed by atoms with Gasteiger partial charge >= 0.3 is 0 Å². The zero-order chi connectivity index (χ0) is 22.6. The molecule has 0 bridgehead atoms. The van der Waals surface area contributed by atoms with Gasteiger partial charge in [0.15, 0.2) is 9.84 Å². The highest BCUT2D eigenvalue weighted by Crippen LogP contribution is 2.27. The van der Waals surface area contributed by atoms with Crippen molar-refractivity contribution in [3.8, 4) is 5.75 Å². The van der Waals surface area contributed by atoms with Crippen molar-refractivity contribution < 1.29 is 17.9 Å². The molecule has 1 aliphatic heterocycles. The molecular formula is C24H25N3O4S. The summed E-state index contributed by atoms with van der Waals surface area (Å²) in [6.07, 6.45) is 3.66. The van der Waals surface area contributed by atoms with Gasteiger partial charge in [-0.15, -0.1) is 0 Å². The topological polar surface area (TPSA) is 90.3 Å². The number of carbonyl (C=O) groups is 1. The summed E-state index contributed by atoms with van der Waals surface area (Å²) in [6.45, 7) is 2.31. The first-order valence-electron chi connectivity index (χ1n) is 10.4. The third-order valence-corrected chi connectivity index (χ3v) is 6.97. The molecule has 1 atom stereocenters. The molecule has 7 nitrogen and oxygen atoms in total. The second kappa shape index (κ2) is 9.40. The summed E-state index contributed by atoms with van der Waals surface area (Å²) < 4.78 is 31.0. The minimum absolute atomic E-state index is 0.0471. The lowest BCUT2D eigenvalue weighted by atomic mass is 10.2. The Balaban J connectivity index is 1.35. The van der Waals surface area contributed by atoms with Gasteiger partial charge in [0.05, 0.1) is 23.2 Å². The van der Waals surface area contributed by atoms with Crippen molar-refractivity contribution in [1.82, 2.24) is 9.78 Å². The van der Waals surface area contributed by atoms with Gasteiger partial charge in [0.2, 0.25) is 5.91 Å². The minimum Gasteiger partial charge on any atom is -0.489 e. The summed E-state index contributed by atoms with van der Waals surface area (Å²) in [5, 5.41) is 7.19. The molecule has 1 amide bonds. The van der Waals surface area contributed by atoms with E-state index in [0.29, 0.717) is 18.8 Å². The maximum atomic E-state index is 12.4. The number of anilines is 1. The quantitative estimate of drug-likeness (QED) is 0.552. The summed E-state index contributed by atoms with van der Waals surface area (Å²) >= 11 is 0. The predicted molar refractivity (Wildman–Crippen MR) is 124 cm³/mol. The number of aromatic nitrogens is 2. The zero-order valence-corrected chi connectivity index (χ0v) is 18.6. The Morgan fingerprint density at radius 3 is 2.62 bits per heavy atom. The minimum atomic E-state index is -3.05. The third kappa shape index (κ3) is 5.64. The van der Waals surface area contributed by atoms with Crippen LogP contribution >= 0.6 is 0 Å². The second-order valence-electron chi connectivity index (χ2n) is 7.84. The van der Waals surface area contributed by atoms with Gasteiger partial charge < -0.3 is 10.1 Å². The van der Waals surface area contributed by atoms with Crippen LogP contribution in [0.2, 0.25) is 0 Å². The lowest BCUT2D eigenvalue weighted by molar-refractivity contribution is -0.111. The van der Waals surface area contributed by atoms with E-state index >= 15 is 0 Å². The smallest absolute Gasteiger partial charge is 0.249 e. The number of ether oxygens (including phenoxy) is 1. The molecule has 3 aromatic rings. The number of nitrogens with one attached hydrogen (secondary N) is 1. The van der Waals surface area contributed by atoms with Gasteiger partial charge in [-0.1, -0.05) is 42.5 Å². The van der Waals surface area contributed by atoms with Crippen molar-refractivity contribution in [3.63, 3.8) is 0 Å². The van der Waals surface area contributed by atoms with Crippen LogP contribution in [0, 0.1) is 6.92 Å². The zero-order valence-electron chi connectivity index (χ0n) is 17.8. The Kier molecular flexibility index (Phi) is 6.41. The van der Waals surface area contributed by atoms with Gasteiger partial charge in [-0.3, -0.25) is 4.79 Å². The van der Waals surface area contributed by atoms with Gasteiger partial charge in [-0.05, 0) is 42.7 Å². The highest BCUT2D eigenvalue weighted by Gasteiger charge is 2.31. The van der Waals surface area contributed by atoms with E-state index in [2.05, 4.69) is 10.4 Å². The van der Waals surface area contributed by atoms with Crippen LogP contribution < -0.4 is 10.1 Å². The highest BCUT2D eigenvalue weighted by atomic mass is 32.2. The van der Waals surface area contributed by atoms with Crippen molar-refractivity contribution in [1.29, 1.82) is 0 Å². The molecule has 32 heavy (non-hydrogen) atoms. The van der Waals surface area contributed by atoms with Crippen LogP contribution in [0.5, 0.6) is 5.75 Å². The van der Waals surface area contributed by atoms with Crippen molar-refractivity contribution in [2.45, 2.75) is 26.0 Å².